The van der Waals surface area contributed by atoms with Crippen molar-refractivity contribution in [2.24, 2.45) is 0 Å². The second-order valence-electron chi connectivity index (χ2n) is 5.52. The van der Waals surface area contributed by atoms with Crippen LogP contribution in [0.2, 0.25) is 0 Å². The third-order valence-corrected chi connectivity index (χ3v) is 3.97. The SMILES string of the molecule is CN(Cc1ccc2ccccc2c1)C(=O)[C@@H]1CCCN1. The van der Waals surface area contributed by atoms with E-state index in [0.717, 1.165) is 19.4 Å². The third-order valence-electron chi connectivity index (χ3n) is 3.97. The molecule has 0 bridgehead atoms. The van der Waals surface area contributed by atoms with Gasteiger partial charge in [-0.1, -0.05) is 36.4 Å². The highest BCUT2D eigenvalue weighted by Gasteiger charge is 2.24. The molecule has 104 valence electrons. The first-order valence-electron chi connectivity index (χ1n) is 7.20. The summed E-state index contributed by atoms with van der Waals surface area (Å²) in [6.45, 7) is 1.63. The topological polar surface area (TPSA) is 32.3 Å². The minimum atomic E-state index is 0.0143. The predicted molar refractivity (Wildman–Crippen MR) is 81.4 cm³/mol. The van der Waals surface area contributed by atoms with Crippen molar-refractivity contribution >= 4 is 16.7 Å². The van der Waals surface area contributed by atoms with Gasteiger partial charge in [-0.05, 0) is 41.8 Å². The Morgan fingerprint density at radius 1 is 1.25 bits per heavy atom. The second kappa shape index (κ2) is 5.63. The number of rotatable bonds is 3. The number of benzene rings is 2. The summed E-state index contributed by atoms with van der Waals surface area (Å²) in [7, 11) is 1.89. The maximum atomic E-state index is 12.3. The van der Waals surface area contributed by atoms with Crippen LogP contribution in [-0.4, -0.2) is 30.4 Å². The van der Waals surface area contributed by atoms with Gasteiger partial charge < -0.3 is 10.2 Å². The van der Waals surface area contributed by atoms with E-state index >= 15 is 0 Å². The van der Waals surface area contributed by atoms with Gasteiger partial charge in [0, 0.05) is 13.6 Å². The molecule has 2 aromatic carbocycles. The fourth-order valence-corrected chi connectivity index (χ4v) is 2.85. The van der Waals surface area contributed by atoms with Crippen molar-refractivity contribution in [2.45, 2.75) is 25.4 Å². The van der Waals surface area contributed by atoms with Crippen molar-refractivity contribution in [3.8, 4) is 0 Å². The minimum Gasteiger partial charge on any atom is -0.340 e. The van der Waals surface area contributed by atoms with Crippen LogP contribution in [0, 0.1) is 0 Å². The molecule has 20 heavy (non-hydrogen) atoms. The number of amides is 1. The molecule has 1 amide bonds. The number of hydrogen-bond donors (Lipinski definition) is 1. The lowest BCUT2D eigenvalue weighted by atomic mass is 10.1. The zero-order chi connectivity index (χ0) is 13.9. The van der Waals surface area contributed by atoms with Crippen molar-refractivity contribution in [1.29, 1.82) is 0 Å². The Morgan fingerprint density at radius 2 is 2.05 bits per heavy atom. The average Bonchev–Trinajstić information content (AvgIpc) is 3.00. The number of hydrogen-bond acceptors (Lipinski definition) is 2. The third kappa shape index (κ3) is 2.68. The number of carbonyl (C=O) groups is 1. The Balaban J connectivity index is 1.73. The molecular formula is C17H20N2O. The summed E-state index contributed by atoms with van der Waals surface area (Å²) in [6.07, 6.45) is 2.06. The van der Waals surface area contributed by atoms with Crippen LogP contribution in [0.4, 0.5) is 0 Å². The van der Waals surface area contributed by atoms with E-state index in [1.165, 1.54) is 16.3 Å². The van der Waals surface area contributed by atoms with Crippen molar-refractivity contribution in [1.82, 2.24) is 10.2 Å². The van der Waals surface area contributed by atoms with Crippen LogP contribution in [0.1, 0.15) is 18.4 Å². The highest BCUT2D eigenvalue weighted by molar-refractivity contribution is 5.84. The fraction of sp³-hybridized carbons (Fsp3) is 0.353. The van der Waals surface area contributed by atoms with Crippen LogP contribution >= 0.6 is 0 Å². The largest absolute Gasteiger partial charge is 0.340 e. The number of likely N-dealkylation sites (N-methyl/N-ethyl adjacent to an activating group) is 1. The number of fused-ring (bicyclic) bond motifs is 1. The minimum absolute atomic E-state index is 0.0143. The maximum absolute atomic E-state index is 12.3. The lowest BCUT2D eigenvalue weighted by molar-refractivity contribution is -0.132. The Kier molecular flexibility index (Phi) is 3.70. The molecule has 0 saturated carbocycles. The van der Waals surface area contributed by atoms with Gasteiger partial charge in [-0.25, -0.2) is 0 Å². The van der Waals surface area contributed by atoms with Crippen molar-refractivity contribution in [3.63, 3.8) is 0 Å². The molecule has 3 rings (SSSR count). The molecular weight excluding hydrogens is 248 g/mol. The zero-order valence-corrected chi connectivity index (χ0v) is 11.8. The predicted octanol–water partition coefficient (Wildman–Crippen LogP) is 2.55. The van der Waals surface area contributed by atoms with Crippen molar-refractivity contribution in [3.05, 3.63) is 48.0 Å². The fourth-order valence-electron chi connectivity index (χ4n) is 2.85. The lowest BCUT2D eigenvalue weighted by Crippen LogP contribution is -2.41. The maximum Gasteiger partial charge on any atom is 0.239 e. The summed E-state index contributed by atoms with van der Waals surface area (Å²) in [5, 5.41) is 5.73. The van der Waals surface area contributed by atoms with E-state index in [0.29, 0.717) is 6.54 Å². The van der Waals surface area contributed by atoms with Gasteiger partial charge in [0.25, 0.3) is 0 Å². The molecule has 1 saturated heterocycles. The smallest absolute Gasteiger partial charge is 0.239 e. The summed E-state index contributed by atoms with van der Waals surface area (Å²) in [6, 6.07) is 14.7. The van der Waals surface area contributed by atoms with E-state index in [1.807, 2.05) is 24.1 Å². The van der Waals surface area contributed by atoms with Crippen LogP contribution in [-0.2, 0) is 11.3 Å². The van der Waals surface area contributed by atoms with Crippen LogP contribution in [0.5, 0.6) is 0 Å². The first-order valence-corrected chi connectivity index (χ1v) is 7.20. The van der Waals surface area contributed by atoms with Crippen LogP contribution < -0.4 is 5.32 Å². The molecule has 0 radical (unpaired) electrons. The van der Waals surface area contributed by atoms with E-state index in [1.54, 1.807) is 0 Å². The van der Waals surface area contributed by atoms with Gasteiger partial charge in [0.15, 0.2) is 0 Å². The normalized spacial score (nSPS) is 18.4. The van der Waals surface area contributed by atoms with E-state index in [4.69, 9.17) is 0 Å². The van der Waals surface area contributed by atoms with Crippen molar-refractivity contribution < 1.29 is 4.79 Å². The van der Waals surface area contributed by atoms with Gasteiger partial charge in [0.05, 0.1) is 6.04 Å². The average molecular weight is 268 g/mol. The van der Waals surface area contributed by atoms with E-state index in [2.05, 4.69) is 35.6 Å². The standard InChI is InChI=1S/C17H20N2O/c1-19(17(20)16-7-4-10-18-16)12-13-8-9-14-5-2-3-6-15(14)11-13/h2-3,5-6,8-9,11,16,18H,4,7,10,12H2,1H3/t16-/m0/s1. The molecule has 0 aromatic heterocycles. The number of carbonyl (C=O) groups excluding carboxylic acids is 1. The Labute approximate surface area is 119 Å². The van der Waals surface area contributed by atoms with Gasteiger partial charge in [0.2, 0.25) is 5.91 Å². The number of nitrogens with zero attached hydrogens (tertiary/aromatic N) is 1. The molecule has 1 fully saturated rings. The molecule has 1 N–H and O–H groups in total. The molecule has 2 aromatic rings. The van der Waals surface area contributed by atoms with Crippen LogP contribution in [0.15, 0.2) is 42.5 Å². The summed E-state index contributed by atoms with van der Waals surface area (Å²) in [4.78, 5) is 14.1. The highest BCUT2D eigenvalue weighted by Crippen LogP contribution is 2.17. The molecule has 0 spiro atoms. The molecule has 3 nitrogen and oxygen atoms in total. The van der Waals surface area contributed by atoms with Crippen molar-refractivity contribution in [2.75, 3.05) is 13.6 Å². The molecule has 0 unspecified atom stereocenters. The molecule has 1 aliphatic rings. The summed E-state index contributed by atoms with van der Waals surface area (Å²) in [5.74, 6) is 0.204. The zero-order valence-electron chi connectivity index (χ0n) is 11.8. The summed E-state index contributed by atoms with van der Waals surface area (Å²) < 4.78 is 0. The molecule has 1 heterocycles. The molecule has 0 aliphatic carbocycles. The van der Waals surface area contributed by atoms with Crippen LogP contribution in [0.3, 0.4) is 0 Å². The van der Waals surface area contributed by atoms with E-state index in [-0.39, 0.29) is 11.9 Å². The summed E-state index contributed by atoms with van der Waals surface area (Å²) >= 11 is 0. The molecule has 1 aliphatic heterocycles. The Hall–Kier alpha value is -1.87. The van der Waals surface area contributed by atoms with E-state index < -0.39 is 0 Å². The highest BCUT2D eigenvalue weighted by atomic mass is 16.2. The lowest BCUT2D eigenvalue weighted by Gasteiger charge is -2.21. The number of nitrogens with one attached hydrogen (secondary N) is 1. The first kappa shape index (κ1) is 13.1. The van der Waals surface area contributed by atoms with Crippen LogP contribution in [0.25, 0.3) is 10.8 Å². The van der Waals surface area contributed by atoms with E-state index in [9.17, 15) is 4.79 Å². The molecule has 1 atom stereocenters. The quantitative estimate of drug-likeness (QED) is 0.928. The Bertz CT molecular complexity index is 617. The molecule has 3 heteroatoms. The van der Waals surface area contributed by atoms with Gasteiger partial charge in [-0.3, -0.25) is 4.79 Å². The second-order valence-corrected chi connectivity index (χ2v) is 5.52. The summed E-state index contributed by atoms with van der Waals surface area (Å²) in [5.41, 5.74) is 1.18. The van der Waals surface area contributed by atoms with Gasteiger partial charge >= 0.3 is 0 Å². The van der Waals surface area contributed by atoms with Gasteiger partial charge in [-0.15, -0.1) is 0 Å². The van der Waals surface area contributed by atoms with Gasteiger partial charge in [-0.2, -0.15) is 0 Å². The monoisotopic (exact) mass is 268 g/mol. The van der Waals surface area contributed by atoms with Gasteiger partial charge in [0.1, 0.15) is 0 Å². The first-order chi connectivity index (χ1) is 9.74. The Morgan fingerprint density at radius 3 is 2.80 bits per heavy atom.